The summed E-state index contributed by atoms with van der Waals surface area (Å²) in [7, 11) is 1.71. The van der Waals surface area contributed by atoms with Gasteiger partial charge in [-0.25, -0.2) is 10.4 Å². The number of methoxy groups -OCH3 is 1. The monoisotopic (exact) mass is 825 g/mol. The van der Waals surface area contributed by atoms with Gasteiger partial charge in [0.25, 0.3) is 5.91 Å². The Morgan fingerprint density at radius 2 is 1.92 bits per heavy atom. The van der Waals surface area contributed by atoms with Crippen LogP contribution in [0.5, 0.6) is 5.75 Å². The standard InChI is InChI=1S/C44H55N7O7S/c1-24-14-29(24)41(52)47-34-18-37-46-35(22-59-37)27-15-30-32(19-44(4,5)23-58-43(54)33-8-7-9-50(48-33)42(34)53)39(51-25(2)21-57-36(16-27)40(30)51)31-17-28(49-10-12-56-13-11-49)20-45-38(31)26(3)55-6/h15-17,20,22,24-26,29,33-34,48H,7-14,18-19,21,23H2,1-6H3,(H,47,52)/t24-,25-,26-,29-,33-,34-/m0/s1. The van der Waals surface area contributed by atoms with Crippen molar-refractivity contribution in [1.29, 1.82) is 0 Å². The van der Waals surface area contributed by atoms with Crippen molar-refractivity contribution in [2.45, 2.75) is 91.0 Å². The van der Waals surface area contributed by atoms with Gasteiger partial charge in [0.15, 0.2) is 0 Å². The van der Waals surface area contributed by atoms with Crippen LogP contribution in [0.4, 0.5) is 5.69 Å². The molecule has 5 aliphatic rings. The maximum absolute atomic E-state index is 14.2. The van der Waals surface area contributed by atoms with Gasteiger partial charge < -0.3 is 33.7 Å². The maximum Gasteiger partial charge on any atom is 0.324 e. The molecule has 1 saturated carbocycles. The highest BCUT2D eigenvalue weighted by Crippen LogP contribution is 2.48. The molecule has 15 heteroatoms. The molecule has 0 radical (unpaired) electrons. The Labute approximate surface area is 348 Å². The molecule has 59 heavy (non-hydrogen) atoms. The van der Waals surface area contributed by atoms with Gasteiger partial charge in [0, 0.05) is 66.4 Å². The van der Waals surface area contributed by atoms with E-state index in [1.54, 1.807) is 7.11 Å². The zero-order valence-electron chi connectivity index (χ0n) is 34.8. The Kier molecular flexibility index (Phi) is 10.7. The topological polar surface area (TPSA) is 149 Å². The lowest BCUT2D eigenvalue weighted by Crippen LogP contribution is -2.60. The van der Waals surface area contributed by atoms with Crippen LogP contribution in [0, 0.1) is 17.3 Å². The first-order valence-electron chi connectivity index (χ1n) is 21.1. The highest BCUT2D eigenvalue weighted by molar-refractivity contribution is 7.10. The molecule has 2 saturated heterocycles. The Bertz CT molecular complexity index is 2280. The molecule has 7 heterocycles. The number of morpholine rings is 1. The summed E-state index contributed by atoms with van der Waals surface area (Å²) in [5.74, 6) is 0.131. The van der Waals surface area contributed by atoms with E-state index in [2.05, 4.69) is 59.2 Å². The van der Waals surface area contributed by atoms with Gasteiger partial charge >= 0.3 is 5.97 Å². The zero-order valence-corrected chi connectivity index (χ0v) is 35.7. The Hall–Kier alpha value is -4.57. The van der Waals surface area contributed by atoms with E-state index in [1.807, 2.05) is 25.4 Å². The molecule has 9 rings (SSSR count). The van der Waals surface area contributed by atoms with Crippen molar-refractivity contribution in [3.63, 3.8) is 0 Å². The first-order chi connectivity index (χ1) is 28.4. The number of nitrogens with zero attached hydrogens (tertiary/aromatic N) is 5. The van der Waals surface area contributed by atoms with Crippen molar-refractivity contribution in [1.82, 2.24) is 30.3 Å². The van der Waals surface area contributed by atoms with Crippen molar-refractivity contribution in [2.75, 3.05) is 58.1 Å². The lowest BCUT2D eigenvalue weighted by molar-refractivity contribution is -0.155. The number of hydrogen-bond donors (Lipinski definition) is 2. The number of cyclic esters (lactones) is 1. The summed E-state index contributed by atoms with van der Waals surface area (Å²) < 4.78 is 26.8. The Morgan fingerprint density at radius 1 is 1.12 bits per heavy atom. The van der Waals surface area contributed by atoms with E-state index in [0.29, 0.717) is 45.6 Å². The van der Waals surface area contributed by atoms with Crippen molar-refractivity contribution >= 4 is 45.7 Å². The average molecular weight is 826 g/mol. The number of carbonyl (C=O) groups excluding carboxylic acids is 3. The van der Waals surface area contributed by atoms with E-state index in [-0.39, 0.29) is 48.8 Å². The van der Waals surface area contributed by atoms with Crippen LogP contribution in [-0.2, 0) is 41.4 Å². The lowest BCUT2D eigenvalue weighted by Gasteiger charge is -2.35. The fraction of sp³-hybridized carbons (Fsp3) is 0.568. The molecule has 1 aromatic carbocycles. The van der Waals surface area contributed by atoms with Crippen molar-refractivity contribution < 1.29 is 33.3 Å². The van der Waals surface area contributed by atoms with E-state index in [0.717, 1.165) is 80.6 Å². The van der Waals surface area contributed by atoms with Crippen LogP contribution < -0.4 is 20.4 Å². The van der Waals surface area contributed by atoms with Gasteiger partial charge in [-0.2, -0.15) is 0 Å². The molecule has 0 unspecified atom stereocenters. The van der Waals surface area contributed by atoms with Crippen molar-refractivity contribution in [3.05, 3.63) is 46.0 Å². The van der Waals surface area contributed by atoms with E-state index in [9.17, 15) is 14.4 Å². The second kappa shape index (κ2) is 15.8. The van der Waals surface area contributed by atoms with Gasteiger partial charge in [0.2, 0.25) is 5.91 Å². The summed E-state index contributed by atoms with van der Waals surface area (Å²) in [6, 6.07) is 4.98. The van der Waals surface area contributed by atoms with E-state index >= 15 is 0 Å². The Balaban J connectivity index is 1.21. The van der Waals surface area contributed by atoms with Gasteiger partial charge in [-0.15, -0.1) is 11.3 Å². The number of hydrogen-bond acceptors (Lipinski definition) is 12. The Morgan fingerprint density at radius 3 is 2.68 bits per heavy atom. The largest absolute Gasteiger partial charge is 0.489 e. The first-order valence-corrected chi connectivity index (χ1v) is 22.0. The molecule has 2 N–H and O–H groups in total. The zero-order chi connectivity index (χ0) is 41.2. The van der Waals surface area contributed by atoms with Gasteiger partial charge in [-0.05, 0) is 69.2 Å². The number of amides is 2. The quantitative estimate of drug-likeness (QED) is 0.233. The highest BCUT2D eigenvalue weighted by atomic mass is 32.1. The number of hydrazine groups is 1. The summed E-state index contributed by atoms with van der Waals surface area (Å²) in [6.45, 7) is 14.4. The van der Waals surface area contributed by atoms with Gasteiger partial charge in [0.1, 0.15) is 24.4 Å². The van der Waals surface area contributed by atoms with Crippen LogP contribution in [0.3, 0.4) is 0 Å². The number of thiazole rings is 1. The SMILES string of the molecule is CO[C@@H](C)c1ncc(N2CCOCC2)cc1-c1c2c3cc(cc4c3n1[C@@H](C)CO4)-c1csc(n1)C[C@H](NC(=O)[C@H]1C[C@@H]1C)C(=O)N1CCC[C@H](N1)C(=O)OCC(C)(C)C2. The molecule has 314 valence electrons. The van der Waals surface area contributed by atoms with E-state index < -0.39 is 23.5 Å². The second-order valence-electron chi connectivity index (χ2n) is 17.8. The predicted molar refractivity (Wildman–Crippen MR) is 224 cm³/mol. The molecule has 3 aromatic heterocycles. The smallest absolute Gasteiger partial charge is 0.324 e. The second-order valence-corrected chi connectivity index (χ2v) is 18.7. The maximum atomic E-state index is 14.2. The minimum atomic E-state index is -0.850. The van der Waals surface area contributed by atoms with Crippen molar-refractivity contribution in [3.8, 4) is 28.3 Å². The van der Waals surface area contributed by atoms with Crippen LogP contribution in [0.1, 0.15) is 82.3 Å². The molecule has 0 spiro atoms. The molecular weight excluding hydrogens is 771 g/mol. The van der Waals surface area contributed by atoms with E-state index in [1.165, 1.54) is 16.3 Å². The number of ether oxygens (including phenoxy) is 4. The number of rotatable bonds is 6. The molecule has 3 fully saturated rings. The molecule has 4 aromatic rings. The van der Waals surface area contributed by atoms with Gasteiger partial charge in [-0.3, -0.25) is 24.4 Å². The van der Waals surface area contributed by atoms with Gasteiger partial charge in [-0.1, -0.05) is 20.8 Å². The fourth-order valence-electron chi connectivity index (χ4n) is 9.09. The molecule has 4 aliphatic heterocycles. The number of anilines is 1. The molecular formula is C44H55N7O7S. The number of aromatic nitrogens is 3. The number of pyridine rings is 1. The first kappa shape index (κ1) is 39.9. The number of esters is 1. The number of benzene rings is 1. The third-order valence-electron chi connectivity index (χ3n) is 12.6. The minimum Gasteiger partial charge on any atom is -0.489 e. The van der Waals surface area contributed by atoms with Crippen LogP contribution >= 0.6 is 11.3 Å². The lowest BCUT2D eigenvalue weighted by atomic mass is 9.84. The van der Waals surface area contributed by atoms with Crippen LogP contribution in [0.15, 0.2) is 29.8 Å². The number of fused-ring (bicyclic) bond motifs is 6. The highest BCUT2D eigenvalue weighted by Gasteiger charge is 2.42. The van der Waals surface area contributed by atoms with E-state index in [4.69, 9.17) is 28.9 Å². The normalized spacial score (nSPS) is 26.2. The third-order valence-corrected chi connectivity index (χ3v) is 13.5. The molecule has 14 nitrogen and oxygen atoms in total. The van der Waals surface area contributed by atoms with Crippen LogP contribution in [0.2, 0.25) is 0 Å². The summed E-state index contributed by atoms with van der Waals surface area (Å²) >= 11 is 1.47. The number of nitrogens with one attached hydrogen (secondary N) is 2. The fourth-order valence-corrected chi connectivity index (χ4v) is 9.94. The predicted octanol–water partition coefficient (Wildman–Crippen LogP) is 5.63. The van der Waals surface area contributed by atoms with Gasteiger partial charge in [0.05, 0.1) is 71.5 Å². The molecule has 2 amide bonds. The third kappa shape index (κ3) is 7.71. The summed E-state index contributed by atoms with van der Waals surface area (Å²) in [5, 5.41) is 8.33. The summed E-state index contributed by atoms with van der Waals surface area (Å²) in [4.78, 5) is 53.8. The summed E-state index contributed by atoms with van der Waals surface area (Å²) in [5.41, 5.74) is 10.3. The average Bonchev–Trinajstić information content (AvgIpc) is 3.65. The van der Waals surface area contributed by atoms with Crippen LogP contribution in [-0.4, -0.2) is 103 Å². The minimum absolute atomic E-state index is 0.00519. The molecule has 6 atom stereocenters. The molecule has 1 aliphatic carbocycles. The van der Waals surface area contributed by atoms with Crippen LogP contribution in [0.25, 0.3) is 33.4 Å². The number of carbonyl (C=O) groups is 3. The summed E-state index contributed by atoms with van der Waals surface area (Å²) in [6.07, 6.45) is 4.41. The van der Waals surface area contributed by atoms with Crippen molar-refractivity contribution in [2.24, 2.45) is 17.3 Å². The molecule has 6 bridgehead atoms.